The van der Waals surface area contributed by atoms with Crippen LogP contribution in [0.5, 0.6) is 0 Å². The second-order valence-electron chi connectivity index (χ2n) is 9.00. The van der Waals surface area contributed by atoms with Crippen molar-refractivity contribution < 1.29 is 13.6 Å². The first kappa shape index (κ1) is 21.5. The number of hydrogen-bond donors (Lipinski definition) is 0. The fourth-order valence-electron chi connectivity index (χ4n) is 5.23. The molecular weight excluding hydrogens is 418 g/mol. The Balaban J connectivity index is 1.26. The average Bonchev–Trinajstić information content (AvgIpc) is 3.20. The normalized spacial score (nSPS) is 16.4. The van der Waals surface area contributed by atoms with Gasteiger partial charge in [-0.3, -0.25) is 9.78 Å². The molecule has 0 bridgehead atoms. The minimum absolute atomic E-state index is 0.00880. The molecule has 3 aromatic rings. The van der Waals surface area contributed by atoms with Crippen LogP contribution in [0.25, 0.3) is 6.08 Å². The summed E-state index contributed by atoms with van der Waals surface area (Å²) in [5.41, 5.74) is 4.15. The third-order valence-electron chi connectivity index (χ3n) is 7.14. The minimum Gasteiger partial charge on any atom is -0.343 e. The summed E-state index contributed by atoms with van der Waals surface area (Å²) in [6.45, 7) is 1.44. The fraction of sp³-hybridized carbons (Fsp3) is 0.286. The smallest absolute Gasteiger partial charge is 0.222 e. The van der Waals surface area contributed by atoms with Crippen LogP contribution in [0.1, 0.15) is 54.0 Å². The molecule has 0 N–H and O–H groups in total. The van der Waals surface area contributed by atoms with Crippen LogP contribution in [0.2, 0.25) is 0 Å². The maximum atomic E-state index is 13.5. The van der Waals surface area contributed by atoms with E-state index in [1.807, 2.05) is 17.2 Å². The molecule has 1 saturated heterocycles. The molecule has 1 aliphatic carbocycles. The number of carbonyl (C=O) groups excluding carboxylic acids is 1. The Morgan fingerprint density at radius 2 is 1.55 bits per heavy atom. The van der Waals surface area contributed by atoms with Gasteiger partial charge in [-0.1, -0.05) is 36.4 Å². The molecule has 2 aromatic carbocycles. The third kappa shape index (κ3) is 4.32. The summed E-state index contributed by atoms with van der Waals surface area (Å²) < 4.78 is 26.9. The van der Waals surface area contributed by atoms with Crippen molar-refractivity contribution >= 4 is 12.0 Å². The number of amides is 1. The van der Waals surface area contributed by atoms with Gasteiger partial charge in [0.05, 0.1) is 5.69 Å². The van der Waals surface area contributed by atoms with Gasteiger partial charge in [0.2, 0.25) is 5.91 Å². The van der Waals surface area contributed by atoms with E-state index in [9.17, 15) is 13.6 Å². The molecule has 1 aliphatic heterocycles. The molecule has 168 valence electrons. The maximum Gasteiger partial charge on any atom is 0.222 e. The van der Waals surface area contributed by atoms with Crippen molar-refractivity contribution in [1.82, 2.24) is 9.88 Å². The Kier molecular flexibility index (Phi) is 5.79. The van der Waals surface area contributed by atoms with Crippen LogP contribution in [-0.2, 0) is 10.2 Å². The van der Waals surface area contributed by atoms with E-state index in [4.69, 9.17) is 0 Å². The molecule has 1 fully saturated rings. The number of rotatable bonds is 5. The predicted octanol–water partition coefficient (Wildman–Crippen LogP) is 5.86. The highest BCUT2D eigenvalue weighted by molar-refractivity contribution is 5.76. The lowest BCUT2D eigenvalue weighted by Gasteiger charge is -2.39. The highest BCUT2D eigenvalue weighted by Gasteiger charge is 2.39. The van der Waals surface area contributed by atoms with Crippen molar-refractivity contribution in [2.24, 2.45) is 0 Å². The summed E-state index contributed by atoms with van der Waals surface area (Å²) in [6, 6.07) is 16.8. The number of hydrogen-bond acceptors (Lipinski definition) is 2. The molecule has 0 saturated carbocycles. The summed E-state index contributed by atoms with van der Waals surface area (Å²) in [5.74, 6) is -0.560. The van der Waals surface area contributed by atoms with Gasteiger partial charge < -0.3 is 4.90 Å². The molecule has 5 heteroatoms. The van der Waals surface area contributed by atoms with Crippen molar-refractivity contribution in [3.05, 3.63) is 107 Å². The molecule has 5 rings (SSSR count). The van der Waals surface area contributed by atoms with E-state index >= 15 is 0 Å². The molecule has 0 atom stereocenters. The van der Waals surface area contributed by atoms with E-state index in [2.05, 4.69) is 23.2 Å². The first-order valence-corrected chi connectivity index (χ1v) is 11.5. The zero-order valence-electron chi connectivity index (χ0n) is 18.4. The Hall–Kier alpha value is -3.34. The number of likely N-dealkylation sites (tertiary alicyclic amines) is 1. The first-order chi connectivity index (χ1) is 16.0. The van der Waals surface area contributed by atoms with Gasteiger partial charge in [-0.25, -0.2) is 8.78 Å². The number of nitrogens with zero attached hydrogens (tertiary/aromatic N) is 2. The lowest BCUT2D eigenvalue weighted by atomic mass is 9.75. The van der Waals surface area contributed by atoms with E-state index in [1.54, 1.807) is 24.3 Å². The topological polar surface area (TPSA) is 33.2 Å². The largest absolute Gasteiger partial charge is 0.343 e. The zero-order chi connectivity index (χ0) is 22.8. The van der Waals surface area contributed by atoms with Gasteiger partial charge >= 0.3 is 0 Å². The molecule has 1 amide bonds. The summed E-state index contributed by atoms with van der Waals surface area (Å²) in [7, 11) is 0. The van der Waals surface area contributed by atoms with Gasteiger partial charge in [-0.15, -0.1) is 0 Å². The molecule has 2 heterocycles. The zero-order valence-corrected chi connectivity index (χ0v) is 18.4. The van der Waals surface area contributed by atoms with Crippen LogP contribution in [0.4, 0.5) is 8.78 Å². The molecule has 0 radical (unpaired) electrons. The Labute approximate surface area is 192 Å². The number of benzene rings is 2. The lowest BCUT2D eigenvalue weighted by molar-refractivity contribution is -0.132. The SMILES string of the molecule is O=C(CCC(c1ccc(F)cc1)c1ccc(F)cc1)N1CCC2(C=Cc3ncccc32)CC1. The number of fused-ring (bicyclic) bond motifs is 2. The average molecular weight is 445 g/mol. The first-order valence-electron chi connectivity index (χ1n) is 11.5. The Morgan fingerprint density at radius 1 is 0.939 bits per heavy atom. The van der Waals surface area contributed by atoms with Gasteiger partial charge in [0.1, 0.15) is 11.6 Å². The van der Waals surface area contributed by atoms with Crippen molar-refractivity contribution in [3.63, 3.8) is 0 Å². The number of aromatic nitrogens is 1. The summed E-state index contributed by atoms with van der Waals surface area (Å²) in [4.78, 5) is 19.5. The number of allylic oxidation sites excluding steroid dienone is 1. The van der Waals surface area contributed by atoms with Gasteiger partial charge in [-0.2, -0.15) is 0 Å². The molecule has 33 heavy (non-hydrogen) atoms. The van der Waals surface area contributed by atoms with Crippen LogP contribution in [0, 0.1) is 11.6 Å². The molecule has 0 unspecified atom stereocenters. The molecule has 1 spiro atoms. The van der Waals surface area contributed by atoms with E-state index in [1.165, 1.54) is 29.8 Å². The van der Waals surface area contributed by atoms with E-state index < -0.39 is 0 Å². The molecule has 3 nitrogen and oxygen atoms in total. The summed E-state index contributed by atoms with van der Waals surface area (Å²) >= 11 is 0. The highest BCUT2D eigenvalue weighted by atomic mass is 19.1. The van der Waals surface area contributed by atoms with Crippen LogP contribution < -0.4 is 0 Å². The number of carbonyl (C=O) groups is 1. The van der Waals surface area contributed by atoms with Crippen molar-refractivity contribution in [2.75, 3.05) is 13.1 Å². The number of halogens is 2. The van der Waals surface area contributed by atoms with Gasteiger partial charge in [0.15, 0.2) is 0 Å². The van der Waals surface area contributed by atoms with Gasteiger partial charge in [0.25, 0.3) is 0 Å². The second kappa shape index (κ2) is 8.89. The molecule has 1 aromatic heterocycles. The van der Waals surface area contributed by atoms with E-state index in [0.29, 0.717) is 12.8 Å². The van der Waals surface area contributed by atoms with Crippen molar-refractivity contribution in [2.45, 2.75) is 37.0 Å². The monoisotopic (exact) mass is 444 g/mol. The molecule has 2 aliphatic rings. The number of piperidine rings is 1. The second-order valence-corrected chi connectivity index (χ2v) is 9.00. The lowest BCUT2D eigenvalue weighted by Crippen LogP contribution is -2.44. The van der Waals surface area contributed by atoms with Gasteiger partial charge in [-0.05, 0) is 72.4 Å². The van der Waals surface area contributed by atoms with Crippen molar-refractivity contribution in [3.8, 4) is 0 Å². The quantitative estimate of drug-likeness (QED) is 0.494. The van der Waals surface area contributed by atoms with Crippen LogP contribution in [0.15, 0.2) is 72.9 Å². The van der Waals surface area contributed by atoms with Crippen LogP contribution >= 0.6 is 0 Å². The summed E-state index contributed by atoms with van der Waals surface area (Å²) in [6.07, 6.45) is 8.94. The predicted molar refractivity (Wildman–Crippen MR) is 125 cm³/mol. The van der Waals surface area contributed by atoms with Gasteiger partial charge in [0, 0.05) is 37.0 Å². The molecular formula is C28H26F2N2O. The van der Waals surface area contributed by atoms with E-state index in [0.717, 1.165) is 42.8 Å². The standard InChI is InChI=1S/C28H26F2N2O/c29-22-7-3-20(4-8-22)24(21-5-9-23(30)10-6-21)11-12-27(33)32-18-15-28(16-19-32)14-13-26-25(28)2-1-17-31-26/h1-10,13-14,17,24H,11-12,15-16,18-19H2. The highest BCUT2D eigenvalue weighted by Crippen LogP contribution is 2.43. The Bertz CT molecular complexity index is 1120. The van der Waals surface area contributed by atoms with Crippen LogP contribution in [-0.4, -0.2) is 28.9 Å². The minimum atomic E-state index is -0.298. The maximum absolute atomic E-state index is 13.5. The van der Waals surface area contributed by atoms with Crippen LogP contribution in [0.3, 0.4) is 0 Å². The number of pyridine rings is 1. The third-order valence-corrected chi connectivity index (χ3v) is 7.14. The Morgan fingerprint density at radius 3 is 2.15 bits per heavy atom. The van der Waals surface area contributed by atoms with E-state index in [-0.39, 0.29) is 28.9 Å². The fourth-order valence-corrected chi connectivity index (χ4v) is 5.23. The summed E-state index contributed by atoms with van der Waals surface area (Å²) in [5, 5.41) is 0. The van der Waals surface area contributed by atoms with Crippen molar-refractivity contribution in [1.29, 1.82) is 0 Å².